The molecule has 0 aliphatic rings. The summed E-state index contributed by atoms with van der Waals surface area (Å²) in [5.41, 5.74) is 0. The summed E-state index contributed by atoms with van der Waals surface area (Å²) in [6.45, 7) is 4.67. The van der Waals surface area contributed by atoms with Crippen LogP contribution in [0.15, 0.2) is 24.3 Å². The van der Waals surface area contributed by atoms with Gasteiger partial charge in [0.25, 0.3) is 0 Å². The lowest BCUT2D eigenvalue weighted by atomic mass is 10.1. The third-order valence-electron chi connectivity index (χ3n) is 6.92. The van der Waals surface area contributed by atoms with Crippen LogP contribution in [0.1, 0.15) is 123 Å². The van der Waals surface area contributed by atoms with Crippen molar-refractivity contribution in [2.75, 3.05) is 40.9 Å². The molecule has 0 spiro atoms. The summed E-state index contributed by atoms with van der Waals surface area (Å²) in [5, 5.41) is 13.6. The second kappa shape index (κ2) is 25.5. The van der Waals surface area contributed by atoms with Gasteiger partial charge in [-0.15, -0.1) is 0 Å². The average Bonchev–Trinajstić information content (AvgIpc) is 2.90. The average molecular weight is 604 g/mol. The summed E-state index contributed by atoms with van der Waals surface area (Å²) < 4.78 is 23.2. The van der Waals surface area contributed by atoms with Crippen LogP contribution in [0.25, 0.3) is 0 Å². The van der Waals surface area contributed by atoms with Crippen LogP contribution >= 0.6 is 7.82 Å². The molecule has 0 aliphatic carbocycles. The molecule has 0 aromatic rings. The number of likely N-dealkylation sites (N-methyl/N-ethyl adjacent to an activating group) is 1. The molecular formula is C32H64N2O6P+. The number of carbonyl (C=O) groups is 1. The van der Waals surface area contributed by atoms with Gasteiger partial charge in [-0.2, -0.15) is 0 Å². The SMILES string of the molecule is CCCCCCCCC/C=C/CC/C=C/C(O)C(COP(=O)(O)OCC[N+](C)(C)C)NC(=O)CCCCCCCC. The van der Waals surface area contributed by atoms with Gasteiger partial charge in [0.1, 0.15) is 13.2 Å². The van der Waals surface area contributed by atoms with Crippen LogP contribution in [0.4, 0.5) is 0 Å². The Labute approximate surface area is 252 Å². The Morgan fingerprint density at radius 1 is 0.805 bits per heavy atom. The van der Waals surface area contributed by atoms with Gasteiger partial charge in [0, 0.05) is 6.42 Å². The van der Waals surface area contributed by atoms with Gasteiger partial charge in [-0.1, -0.05) is 109 Å². The third-order valence-corrected chi connectivity index (χ3v) is 7.91. The number of phosphoric ester groups is 1. The van der Waals surface area contributed by atoms with Gasteiger partial charge in [-0.05, 0) is 32.1 Å². The van der Waals surface area contributed by atoms with E-state index in [1.165, 1.54) is 64.2 Å². The van der Waals surface area contributed by atoms with E-state index in [-0.39, 0.29) is 19.1 Å². The molecule has 0 fully saturated rings. The van der Waals surface area contributed by atoms with Gasteiger partial charge < -0.3 is 19.8 Å². The van der Waals surface area contributed by atoms with Crippen molar-refractivity contribution in [1.29, 1.82) is 0 Å². The lowest BCUT2D eigenvalue weighted by Crippen LogP contribution is -2.45. The number of nitrogens with one attached hydrogen (secondary N) is 1. The van der Waals surface area contributed by atoms with E-state index in [1.807, 2.05) is 27.2 Å². The van der Waals surface area contributed by atoms with E-state index in [4.69, 9.17) is 9.05 Å². The van der Waals surface area contributed by atoms with E-state index < -0.39 is 20.0 Å². The second-order valence-electron chi connectivity index (χ2n) is 12.2. The first-order valence-corrected chi connectivity index (χ1v) is 17.7. The van der Waals surface area contributed by atoms with Crippen molar-refractivity contribution in [3.63, 3.8) is 0 Å². The fourth-order valence-electron chi connectivity index (χ4n) is 4.23. The van der Waals surface area contributed by atoms with E-state index in [0.717, 1.165) is 38.5 Å². The minimum Gasteiger partial charge on any atom is -0.387 e. The highest BCUT2D eigenvalue weighted by atomic mass is 31.2. The summed E-state index contributed by atoms with van der Waals surface area (Å²) in [6, 6.07) is -0.853. The standard InChI is InChI=1S/C32H63N2O6P/c1-6-8-10-12-14-15-16-17-18-19-20-21-23-25-31(35)30(33-32(36)26-24-22-13-11-9-7-2)29-40-41(37,38)39-28-27-34(3,4)5/h18-19,23,25,30-31,35H,6-17,20-22,24,26-29H2,1-5H3,(H-,33,36,37,38)/p+1/b19-18+,25-23+. The number of phosphoric acid groups is 1. The van der Waals surface area contributed by atoms with Crippen LogP contribution < -0.4 is 5.32 Å². The molecule has 0 aliphatic heterocycles. The molecule has 0 aromatic carbocycles. The maximum absolute atomic E-state index is 12.6. The maximum Gasteiger partial charge on any atom is 0.472 e. The number of unbranched alkanes of at least 4 members (excludes halogenated alkanes) is 13. The summed E-state index contributed by atoms with van der Waals surface area (Å²) in [5.74, 6) is -0.200. The Morgan fingerprint density at radius 2 is 1.34 bits per heavy atom. The van der Waals surface area contributed by atoms with E-state index in [2.05, 4.69) is 31.3 Å². The normalized spacial score (nSPS) is 15.4. The molecule has 3 N–H and O–H groups in total. The molecule has 9 heteroatoms. The number of quaternary nitrogens is 1. The highest BCUT2D eigenvalue weighted by Gasteiger charge is 2.27. The maximum atomic E-state index is 12.6. The highest BCUT2D eigenvalue weighted by molar-refractivity contribution is 7.47. The minimum atomic E-state index is -4.32. The molecule has 0 saturated carbocycles. The predicted octanol–water partition coefficient (Wildman–Crippen LogP) is 7.46. The molecule has 0 aromatic heterocycles. The number of aliphatic hydroxyl groups excluding tert-OH is 1. The molecule has 3 unspecified atom stereocenters. The molecule has 242 valence electrons. The number of aliphatic hydroxyl groups is 1. The summed E-state index contributed by atoms with van der Waals surface area (Å²) in [4.78, 5) is 22.7. The van der Waals surface area contributed by atoms with Gasteiger partial charge in [-0.25, -0.2) is 4.57 Å². The van der Waals surface area contributed by atoms with Crippen molar-refractivity contribution in [3.8, 4) is 0 Å². The van der Waals surface area contributed by atoms with Crippen LogP contribution in [-0.2, 0) is 18.4 Å². The fraction of sp³-hybridized carbons (Fsp3) is 0.844. The van der Waals surface area contributed by atoms with Crippen molar-refractivity contribution >= 4 is 13.7 Å². The zero-order chi connectivity index (χ0) is 30.8. The Morgan fingerprint density at radius 3 is 1.95 bits per heavy atom. The molecule has 0 radical (unpaired) electrons. The number of allylic oxidation sites excluding steroid dienone is 3. The van der Waals surface area contributed by atoms with E-state index >= 15 is 0 Å². The number of hydrogen-bond acceptors (Lipinski definition) is 5. The van der Waals surface area contributed by atoms with Crippen molar-refractivity contribution in [2.45, 2.75) is 135 Å². The van der Waals surface area contributed by atoms with Gasteiger partial charge in [0.15, 0.2) is 0 Å². The molecule has 0 heterocycles. The molecule has 8 nitrogen and oxygen atoms in total. The number of hydrogen-bond donors (Lipinski definition) is 3. The molecular weight excluding hydrogens is 539 g/mol. The van der Waals surface area contributed by atoms with Gasteiger partial charge in [0.2, 0.25) is 5.91 Å². The van der Waals surface area contributed by atoms with Crippen molar-refractivity contribution in [2.24, 2.45) is 0 Å². The zero-order valence-electron chi connectivity index (χ0n) is 27.0. The Balaban J connectivity index is 4.67. The topological polar surface area (TPSA) is 105 Å². The molecule has 41 heavy (non-hydrogen) atoms. The van der Waals surface area contributed by atoms with Gasteiger partial charge in [-0.3, -0.25) is 13.8 Å². The third kappa shape index (κ3) is 27.6. The van der Waals surface area contributed by atoms with Crippen LogP contribution in [0.2, 0.25) is 0 Å². The first-order chi connectivity index (χ1) is 19.5. The minimum absolute atomic E-state index is 0.0568. The largest absolute Gasteiger partial charge is 0.472 e. The van der Waals surface area contributed by atoms with Crippen molar-refractivity contribution in [3.05, 3.63) is 24.3 Å². The lowest BCUT2D eigenvalue weighted by Gasteiger charge is -2.25. The summed E-state index contributed by atoms with van der Waals surface area (Å²) in [6.07, 6.45) is 25.5. The van der Waals surface area contributed by atoms with E-state index in [9.17, 15) is 19.4 Å². The van der Waals surface area contributed by atoms with Crippen LogP contribution in [0.3, 0.4) is 0 Å². The quantitative estimate of drug-likeness (QED) is 0.0371. The van der Waals surface area contributed by atoms with Crippen LogP contribution in [-0.4, -0.2) is 73.4 Å². The lowest BCUT2D eigenvalue weighted by molar-refractivity contribution is -0.870. The van der Waals surface area contributed by atoms with Crippen molar-refractivity contribution < 1.29 is 32.9 Å². The Hall–Kier alpha value is -1.02. The summed E-state index contributed by atoms with van der Waals surface area (Å²) >= 11 is 0. The zero-order valence-corrected chi connectivity index (χ0v) is 27.9. The first kappa shape index (κ1) is 40.0. The first-order valence-electron chi connectivity index (χ1n) is 16.2. The fourth-order valence-corrected chi connectivity index (χ4v) is 4.97. The molecule has 3 atom stereocenters. The molecule has 0 bridgehead atoms. The molecule has 0 saturated heterocycles. The van der Waals surface area contributed by atoms with E-state index in [1.54, 1.807) is 6.08 Å². The van der Waals surface area contributed by atoms with E-state index in [0.29, 0.717) is 17.4 Å². The van der Waals surface area contributed by atoms with Gasteiger partial charge >= 0.3 is 7.82 Å². The van der Waals surface area contributed by atoms with Gasteiger partial charge in [0.05, 0.1) is 39.9 Å². The molecule has 0 rings (SSSR count). The van der Waals surface area contributed by atoms with Crippen molar-refractivity contribution in [1.82, 2.24) is 5.32 Å². The second-order valence-corrected chi connectivity index (χ2v) is 13.6. The number of rotatable bonds is 28. The Kier molecular flexibility index (Phi) is 24.8. The smallest absolute Gasteiger partial charge is 0.387 e. The number of carbonyl (C=O) groups excluding carboxylic acids is 1. The molecule has 1 amide bonds. The number of nitrogens with zero attached hydrogens (tertiary/aromatic N) is 1. The summed E-state index contributed by atoms with van der Waals surface area (Å²) in [7, 11) is 1.55. The van der Waals surface area contributed by atoms with Crippen LogP contribution in [0.5, 0.6) is 0 Å². The predicted molar refractivity (Wildman–Crippen MR) is 171 cm³/mol. The van der Waals surface area contributed by atoms with Crippen LogP contribution in [0, 0.1) is 0 Å². The Bertz CT molecular complexity index is 738. The monoisotopic (exact) mass is 603 g/mol. The number of amides is 1. The highest BCUT2D eigenvalue weighted by Crippen LogP contribution is 2.43.